The molecule has 0 radical (unpaired) electrons. The Morgan fingerprint density at radius 1 is 1.23 bits per heavy atom. The summed E-state index contributed by atoms with van der Waals surface area (Å²) in [6.07, 6.45) is 1.53. The third-order valence-electron chi connectivity index (χ3n) is 3.03. The van der Waals surface area contributed by atoms with Gasteiger partial charge >= 0.3 is 0 Å². The standard InChI is InChI=1S/C17H16N4O/c1-13-4-2-3-5-16(13)19-12-17(22)21-20-11-15-8-6-14(10-18)7-9-15/h2-9,11,19H,12H2,1H3,(H,21,22). The normalized spacial score (nSPS) is 10.2. The van der Waals surface area contributed by atoms with Crippen LogP contribution < -0.4 is 10.7 Å². The van der Waals surface area contributed by atoms with Crippen molar-refractivity contribution in [2.75, 3.05) is 11.9 Å². The van der Waals surface area contributed by atoms with Gasteiger partial charge in [-0.3, -0.25) is 4.79 Å². The van der Waals surface area contributed by atoms with E-state index in [0.717, 1.165) is 16.8 Å². The Morgan fingerprint density at radius 2 is 1.95 bits per heavy atom. The number of para-hydroxylation sites is 1. The van der Waals surface area contributed by atoms with Crippen LogP contribution in [-0.4, -0.2) is 18.7 Å². The lowest BCUT2D eigenvalue weighted by Crippen LogP contribution is -2.26. The summed E-state index contributed by atoms with van der Waals surface area (Å²) in [7, 11) is 0. The molecule has 0 aliphatic carbocycles. The van der Waals surface area contributed by atoms with E-state index in [1.165, 1.54) is 6.21 Å². The molecule has 2 aromatic carbocycles. The van der Waals surface area contributed by atoms with Crippen molar-refractivity contribution in [2.24, 2.45) is 5.10 Å². The molecule has 1 amide bonds. The van der Waals surface area contributed by atoms with Gasteiger partial charge in [0.1, 0.15) is 0 Å². The number of carbonyl (C=O) groups is 1. The molecule has 5 heteroatoms. The second-order valence-corrected chi connectivity index (χ2v) is 4.70. The van der Waals surface area contributed by atoms with E-state index in [2.05, 4.69) is 15.8 Å². The number of hydrazone groups is 1. The van der Waals surface area contributed by atoms with Gasteiger partial charge in [-0.2, -0.15) is 10.4 Å². The number of amides is 1. The average Bonchev–Trinajstić information content (AvgIpc) is 2.55. The molecule has 0 bridgehead atoms. The Bertz CT molecular complexity index is 714. The highest BCUT2D eigenvalue weighted by Crippen LogP contribution is 2.12. The number of carbonyl (C=O) groups excluding carboxylic acids is 1. The molecule has 2 N–H and O–H groups in total. The van der Waals surface area contributed by atoms with Crippen LogP contribution in [0.4, 0.5) is 5.69 Å². The average molecular weight is 292 g/mol. The second kappa shape index (κ2) is 7.60. The minimum atomic E-state index is -0.229. The maximum Gasteiger partial charge on any atom is 0.259 e. The Kier molecular flexibility index (Phi) is 5.27. The lowest BCUT2D eigenvalue weighted by molar-refractivity contribution is -0.119. The van der Waals surface area contributed by atoms with Crippen LogP contribution in [0.1, 0.15) is 16.7 Å². The van der Waals surface area contributed by atoms with Crippen LogP contribution >= 0.6 is 0 Å². The van der Waals surface area contributed by atoms with E-state index in [1.54, 1.807) is 24.3 Å². The molecule has 0 saturated heterocycles. The fourth-order valence-electron chi connectivity index (χ4n) is 1.81. The second-order valence-electron chi connectivity index (χ2n) is 4.70. The molecule has 110 valence electrons. The van der Waals surface area contributed by atoms with Gasteiger partial charge in [0, 0.05) is 5.69 Å². The molecule has 5 nitrogen and oxygen atoms in total. The summed E-state index contributed by atoms with van der Waals surface area (Å²) >= 11 is 0. The number of rotatable bonds is 5. The first-order valence-corrected chi connectivity index (χ1v) is 6.80. The van der Waals surface area contributed by atoms with Crippen LogP contribution in [0.15, 0.2) is 53.6 Å². The Balaban J connectivity index is 1.81. The largest absolute Gasteiger partial charge is 0.376 e. The summed E-state index contributed by atoms with van der Waals surface area (Å²) in [5, 5.41) is 15.6. The van der Waals surface area contributed by atoms with Gasteiger partial charge in [-0.1, -0.05) is 30.3 Å². The lowest BCUT2D eigenvalue weighted by Gasteiger charge is -2.07. The van der Waals surface area contributed by atoms with Crippen molar-refractivity contribution in [1.82, 2.24) is 5.43 Å². The number of aryl methyl sites for hydroxylation is 1. The molecule has 0 heterocycles. The monoisotopic (exact) mass is 292 g/mol. The van der Waals surface area contributed by atoms with E-state index in [9.17, 15) is 4.79 Å². The molecule has 0 aliphatic heterocycles. The van der Waals surface area contributed by atoms with Crippen molar-refractivity contribution in [3.05, 3.63) is 65.2 Å². The van der Waals surface area contributed by atoms with Gasteiger partial charge < -0.3 is 5.32 Å². The Hall–Kier alpha value is -3.13. The summed E-state index contributed by atoms with van der Waals surface area (Å²) in [6, 6.07) is 16.7. The molecular weight excluding hydrogens is 276 g/mol. The molecule has 2 rings (SSSR count). The van der Waals surface area contributed by atoms with Gasteiger partial charge in [-0.15, -0.1) is 0 Å². The van der Waals surface area contributed by atoms with Crippen LogP contribution in [0.3, 0.4) is 0 Å². The molecule has 0 aromatic heterocycles. The minimum Gasteiger partial charge on any atom is -0.376 e. The van der Waals surface area contributed by atoms with Crippen LogP contribution in [0.25, 0.3) is 0 Å². The molecule has 0 spiro atoms. The van der Waals surface area contributed by atoms with Crippen molar-refractivity contribution < 1.29 is 4.79 Å². The number of hydrogen-bond acceptors (Lipinski definition) is 4. The fourth-order valence-corrected chi connectivity index (χ4v) is 1.81. The molecule has 0 fully saturated rings. The summed E-state index contributed by atoms with van der Waals surface area (Å²) in [5.74, 6) is -0.229. The first-order valence-electron chi connectivity index (χ1n) is 6.80. The van der Waals surface area contributed by atoms with Gasteiger partial charge in [0.25, 0.3) is 5.91 Å². The van der Waals surface area contributed by atoms with Gasteiger partial charge in [-0.05, 0) is 36.2 Å². The first-order chi connectivity index (χ1) is 10.7. The van der Waals surface area contributed by atoms with Crippen molar-refractivity contribution >= 4 is 17.8 Å². The Morgan fingerprint density at radius 3 is 2.64 bits per heavy atom. The summed E-state index contributed by atoms with van der Waals surface area (Å²) < 4.78 is 0. The van der Waals surface area contributed by atoms with E-state index in [-0.39, 0.29) is 12.5 Å². The number of nitrogens with one attached hydrogen (secondary N) is 2. The number of nitriles is 1. The van der Waals surface area contributed by atoms with Crippen LogP contribution in [0.5, 0.6) is 0 Å². The number of hydrogen-bond donors (Lipinski definition) is 2. The Labute approximate surface area is 129 Å². The van der Waals surface area contributed by atoms with Crippen molar-refractivity contribution in [1.29, 1.82) is 5.26 Å². The van der Waals surface area contributed by atoms with E-state index in [4.69, 9.17) is 5.26 Å². The highest BCUT2D eigenvalue weighted by Gasteiger charge is 2.01. The van der Waals surface area contributed by atoms with Crippen molar-refractivity contribution in [3.8, 4) is 6.07 Å². The van der Waals surface area contributed by atoms with Crippen LogP contribution in [-0.2, 0) is 4.79 Å². The summed E-state index contributed by atoms with van der Waals surface area (Å²) in [4.78, 5) is 11.7. The third kappa shape index (κ3) is 4.46. The molecule has 0 atom stereocenters. The number of benzene rings is 2. The molecular formula is C17H16N4O. The zero-order chi connectivity index (χ0) is 15.8. The molecule has 2 aromatic rings. The van der Waals surface area contributed by atoms with E-state index >= 15 is 0 Å². The number of anilines is 1. The maximum absolute atomic E-state index is 11.7. The first kappa shape index (κ1) is 15.3. The van der Waals surface area contributed by atoms with E-state index in [0.29, 0.717) is 5.56 Å². The highest BCUT2D eigenvalue weighted by molar-refractivity contribution is 5.84. The fraction of sp³-hybridized carbons (Fsp3) is 0.118. The zero-order valence-electron chi connectivity index (χ0n) is 12.2. The molecule has 22 heavy (non-hydrogen) atoms. The predicted octanol–water partition coefficient (Wildman–Crippen LogP) is 2.43. The maximum atomic E-state index is 11.7. The third-order valence-corrected chi connectivity index (χ3v) is 3.03. The summed E-state index contributed by atoms with van der Waals surface area (Å²) in [5.41, 5.74) is 5.86. The lowest BCUT2D eigenvalue weighted by atomic mass is 10.2. The van der Waals surface area contributed by atoms with Gasteiger partial charge in [-0.25, -0.2) is 5.43 Å². The van der Waals surface area contributed by atoms with Crippen LogP contribution in [0, 0.1) is 18.3 Å². The van der Waals surface area contributed by atoms with Gasteiger partial charge in [0.15, 0.2) is 0 Å². The van der Waals surface area contributed by atoms with Gasteiger partial charge in [0.05, 0.1) is 24.4 Å². The SMILES string of the molecule is Cc1ccccc1NCC(=O)NN=Cc1ccc(C#N)cc1. The van der Waals surface area contributed by atoms with Crippen molar-refractivity contribution in [2.45, 2.75) is 6.92 Å². The van der Waals surface area contributed by atoms with Crippen molar-refractivity contribution in [3.63, 3.8) is 0 Å². The minimum absolute atomic E-state index is 0.148. The zero-order valence-corrected chi connectivity index (χ0v) is 12.2. The van der Waals surface area contributed by atoms with Crippen LogP contribution in [0.2, 0.25) is 0 Å². The van der Waals surface area contributed by atoms with E-state index in [1.807, 2.05) is 37.3 Å². The quantitative estimate of drug-likeness (QED) is 0.656. The number of nitrogens with zero attached hydrogens (tertiary/aromatic N) is 2. The molecule has 0 unspecified atom stereocenters. The smallest absolute Gasteiger partial charge is 0.259 e. The topological polar surface area (TPSA) is 77.3 Å². The van der Waals surface area contributed by atoms with Gasteiger partial charge in [0.2, 0.25) is 0 Å². The molecule has 0 saturated carbocycles. The van der Waals surface area contributed by atoms with E-state index < -0.39 is 0 Å². The molecule has 0 aliphatic rings. The highest BCUT2D eigenvalue weighted by atomic mass is 16.2. The predicted molar refractivity (Wildman–Crippen MR) is 86.6 cm³/mol. The summed E-state index contributed by atoms with van der Waals surface area (Å²) in [6.45, 7) is 2.12.